The highest BCUT2D eigenvalue weighted by Gasteiger charge is 2.29. The van der Waals surface area contributed by atoms with Gasteiger partial charge >= 0.3 is 0 Å². The van der Waals surface area contributed by atoms with Crippen molar-refractivity contribution in [3.05, 3.63) is 29.8 Å². The molecule has 2 rings (SSSR count). The molecule has 1 fully saturated rings. The molecule has 1 aromatic rings. The Morgan fingerprint density at radius 1 is 1.41 bits per heavy atom. The van der Waals surface area contributed by atoms with Gasteiger partial charge in [0, 0.05) is 6.04 Å². The van der Waals surface area contributed by atoms with Crippen molar-refractivity contribution in [2.75, 3.05) is 7.05 Å². The van der Waals surface area contributed by atoms with Gasteiger partial charge in [0.1, 0.15) is 0 Å². The maximum atomic E-state index is 11.8. The molecule has 17 heavy (non-hydrogen) atoms. The second-order valence-corrected chi connectivity index (χ2v) is 6.38. The third kappa shape index (κ3) is 2.86. The summed E-state index contributed by atoms with van der Waals surface area (Å²) < 4.78 is 26.0. The van der Waals surface area contributed by atoms with Crippen LogP contribution < -0.4 is 10.5 Å². The van der Waals surface area contributed by atoms with Crippen molar-refractivity contribution in [1.29, 1.82) is 0 Å². The minimum absolute atomic E-state index is 0.0724. The predicted molar refractivity (Wildman–Crippen MR) is 67.1 cm³/mol. The molecule has 0 heterocycles. The van der Waals surface area contributed by atoms with Gasteiger partial charge in [-0.15, -0.1) is 0 Å². The lowest BCUT2D eigenvalue weighted by Gasteiger charge is -2.14. The number of nitrogens with one attached hydrogen (secondary N) is 1. The number of benzene rings is 1. The van der Waals surface area contributed by atoms with E-state index >= 15 is 0 Å². The molecule has 0 bridgehead atoms. The molecule has 4 nitrogen and oxygen atoms in total. The first-order valence-electron chi connectivity index (χ1n) is 5.81. The summed E-state index contributed by atoms with van der Waals surface area (Å²) in [6, 6.07) is 7.12. The Labute approximate surface area is 102 Å². The molecule has 0 aliphatic heterocycles. The van der Waals surface area contributed by atoms with E-state index in [-0.39, 0.29) is 6.04 Å². The molecular formula is C12H18N2O2S. The zero-order valence-corrected chi connectivity index (χ0v) is 10.7. The van der Waals surface area contributed by atoms with E-state index in [1.165, 1.54) is 19.9 Å². The molecule has 0 amide bonds. The average Bonchev–Trinajstić information content (AvgIpc) is 3.13. The van der Waals surface area contributed by atoms with Crippen LogP contribution in [0.2, 0.25) is 0 Å². The van der Waals surface area contributed by atoms with E-state index in [0.29, 0.717) is 17.2 Å². The van der Waals surface area contributed by atoms with Crippen LogP contribution in [0.4, 0.5) is 0 Å². The summed E-state index contributed by atoms with van der Waals surface area (Å²) in [6.45, 7) is 0. The molecule has 5 heteroatoms. The second kappa shape index (κ2) is 4.76. The maximum Gasteiger partial charge on any atom is 0.240 e. The molecule has 0 saturated heterocycles. The Balaban J connectivity index is 2.27. The van der Waals surface area contributed by atoms with Crippen molar-refractivity contribution in [3.63, 3.8) is 0 Å². The summed E-state index contributed by atoms with van der Waals surface area (Å²) in [4.78, 5) is 0.346. The van der Waals surface area contributed by atoms with E-state index in [4.69, 9.17) is 5.73 Å². The van der Waals surface area contributed by atoms with Gasteiger partial charge < -0.3 is 5.73 Å². The SMILES string of the molecule is CNS(=O)(=O)c1ccccc1CC(N)C1CC1. The lowest BCUT2D eigenvalue weighted by atomic mass is 10.0. The minimum Gasteiger partial charge on any atom is -0.327 e. The van der Waals surface area contributed by atoms with E-state index in [2.05, 4.69) is 4.72 Å². The molecule has 3 N–H and O–H groups in total. The van der Waals surface area contributed by atoms with E-state index < -0.39 is 10.0 Å². The molecule has 0 radical (unpaired) electrons. The van der Waals surface area contributed by atoms with Crippen LogP contribution in [0, 0.1) is 5.92 Å². The molecule has 1 unspecified atom stereocenters. The summed E-state index contributed by atoms with van der Waals surface area (Å²) in [5.41, 5.74) is 6.86. The molecule has 1 atom stereocenters. The van der Waals surface area contributed by atoms with Gasteiger partial charge in [0.05, 0.1) is 4.90 Å². The van der Waals surface area contributed by atoms with Gasteiger partial charge in [-0.05, 0) is 43.9 Å². The Morgan fingerprint density at radius 3 is 2.65 bits per heavy atom. The van der Waals surface area contributed by atoms with Gasteiger partial charge in [-0.3, -0.25) is 0 Å². The van der Waals surface area contributed by atoms with Gasteiger partial charge in [-0.2, -0.15) is 0 Å². The van der Waals surface area contributed by atoms with Gasteiger partial charge in [-0.25, -0.2) is 13.1 Å². The van der Waals surface area contributed by atoms with Crippen molar-refractivity contribution in [2.24, 2.45) is 11.7 Å². The first-order valence-corrected chi connectivity index (χ1v) is 7.30. The third-order valence-corrected chi connectivity index (χ3v) is 4.73. The summed E-state index contributed by atoms with van der Waals surface area (Å²) in [5, 5.41) is 0. The number of hydrogen-bond donors (Lipinski definition) is 2. The van der Waals surface area contributed by atoms with Crippen LogP contribution in [0.15, 0.2) is 29.2 Å². The highest BCUT2D eigenvalue weighted by Crippen LogP contribution is 2.33. The van der Waals surface area contributed by atoms with Gasteiger partial charge in [-0.1, -0.05) is 18.2 Å². The topological polar surface area (TPSA) is 72.2 Å². The molecule has 1 saturated carbocycles. The zero-order valence-electron chi connectivity index (χ0n) is 9.89. The highest BCUT2D eigenvalue weighted by atomic mass is 32.2. The number of sulfonamides is 1. The molecule has 1 aliphatic rings. The van der Waals surface area contributed by atoms with Crippen LogP contribution >= 0.6 is 0 Å². The number of nitrogens with two attached hydrogens (primary N) is 1. The predicted octanol–water partition coefficient (Wildman–Crippen LogP) is 0.874. The van der Waals surface area contributed by atoms with Crippen molar-refractivity contribution >= 4 is 10.0 Å². The first-order chi connectivity index (χ1) is 8.04. The Kier molecular flexibility index (Phi) is 3.51. The van der Waals surface area contributed by atoms with Crippen LogP contribution in [0.3, 0.4) is 0 Å². The quantitative estimate of drug-likeness (QED) is 0.819. The summed E-state index contributed by atoms with van der Waals surface area (Å²) in [5.74, 6) is 0.570. The second-order valence-electron chi connectivity index (χ2n) is 4.52. The maximum absolute atomic E-state index is 11.8. The Bertz CT molecular complexity index is 495. The van der Waals surface area contributed by atoms with E-state index in [0.717, 1.165) is 5.56 Å². The smallest absolute Gasteiger partial charge is 0.240 e. The normalized spacial score (nSPS) is 18.0. The Hall–Kier alpha value is -0.910. The standard InChI is InChI=1S/C12H18N2O2S/c1-14-17(15,16)12-5-3-2-4-10(12)8-11(13)9-6-7-9/h2-5,9,11,14H,6-8,13H2,1H3. The molecule has 1 aromatic carbocycles. The monoisotopic (exact) mass is 254 g/mol. The number of hydrogen-bond acceptors (Lipinski definition) is 3. The molecule has 0 aromatic heterocycles. The van der Waals surface area contributed by atoms with Crippen molar-refractivity contribution in [3.8, 4) is 0 Å². The van der Waals surface area contributed by atoms with Crippen LogP contribution in [0.1, 0.15) is 18.4 Å². The summed E-state index contributed by atoms with van der Waals surface area (Å²) in [7, 11) is -1.96. The van der Waals surface area contributed by atoms with E-state index in [1.807, 2.05) is 12.1 Å². The summed E-state index contributed by atoms with van der Waals surface area (Å²) >= 11 is 0. The van der Waals surface area contributed by atoms with Gasteiger partial charge in [0.2, 0.25) is 10.0 Å². The van der Waals surface area contributed by atoms with Crippen molar-refractivity contribution < 1.29 is 8.42 Å². The van der Waals surface area contributed by atoms with Crippen LogP contribution in [0.25, 0.3) is 0 Å². The van der Waals surface area contributed by atoms with Gasteiger partial charge in [0.25, 0.3) is 0 Å². The lowest BCUT2D eigenvalue weighted by Crippen LogP contribution is -2.27. The minimum atomic E-state index is -3.39. The fourth-order valence-electron chi connectivity index (χ4n) is 1.99. The fraction of sp³-hybridized carbons (Fsp3) is 0.500. The first kappa shape index (κ1) is 12.5. The van der Waals surface area contributed by atoms with Crippen LogP contribution in [-0.4, -0.2) is 21.5 Å². The van der Waals surface area contributed by atoms with Gasteiger partial charge in [0.15, 0.2) is 0 Å². The van der Waals surface area contributed by atoms with E-state index in [9.17, 15) is 8.42 Å². The Morgan fingerprint density at radius 2 is 2.06 bits per heavy atom. The molecule has 94 valence electrons. The zero-order chi connectivity index (χ0) is 12.5. The van der Waals surface area contributed by atoms with Crippen LogP contribution in [0.5, 0.6) is 0 Å². The van der Waals surface area contributed by atoms with Crippen molar-refractivity contribution in [1.82, 2.24) is 4.72 Å². The third-order valence-electron chi connectivity index (χ3n) is 3.21. The highest BCUT2D eigenvalue weighted by molar-refractivity contribution is 7.89. The fourth-order valence-corrected chi connectivity index (χ4v) is 2.96. The largest absolute Gasteiger partial charge is 0.327 e. The van der Waals surface area contributed by atoms with E-state index in [1.54, 1.807) is 12.1 Å². The number of rotatable bonds is 5. The molecule has 0 spiro atoms. The summed E-state index contributed by atoms with van der Waals surface area (Å²) in [6.07, 6.45) is 2.96. The molecule has 1 aliphatic carbocycles. The average molecular weight is 254 g/mol. The van der Waals surface area contributed by atoms with Crippen molar-refractivity contribution in [2.45, 2.75) is 30.2 Å². The lowest BCUT2D eigenvalue weighted by molar-refractivity contribution is 0.574. The molecular weight excluding hydrogens is 236 g/mol. The van der Waals surface area contributed by atoms with Crippen LogP contribution in [-0.2, 0) is 16.4 Å².